The van der Waals surface area contributed by atoms with Gasteiger partial charge in [0.25, 0.3) is 0 Å². The molecule has 4 nitrogen and oxygen atoms in total. The maximum atomic E-state index is 13.9. The number of aliphatic hydroxyl groups excluding tert-OH is 1. The second-order valence-electron chi connectivity index (χ2n) is 4.08. The molecule has 96 valence electrons. The molecule has 0 amide bonds. The summed E-state index contributed by atoms with van der Waals surface area (Å²) in [5.74, 6) is -0.245. The topological polar surface area (TPSA) is 47.3 Å². The van der Waals surface area contributed by atoms with Crippen molar-refractivity contribution in [3.8, 4) is 5.75 Å². The van der Waals surface area contributed by atoms with E-state index in [9.17, 15) is 9.50 Å². The van der Waals surface area contributed by atoms with Crippen LogP contribution in [0.25, 0.3) is 0 Å². The van der Waals surface area contributed by atoms with Gasteiger partial charge >= 0.3 is 0 Å². The fourth-order valence-corrected chi connectivity index (χ4v) is 1.87. The number of rotatable bonds is 4. The lowest BCUT2D eigenvalue weighted by atomic mass is 10.0. The Morgan fingerprint density at radius 3 is 2.89 bits per heavy atom. The van der Waals surface area contributed by atoms with Crippen molar-refractivity contribution in [2.75, 3.05) is 7.11 Å². The molecule has 1 N–H and O–H groups in total. The van der Waals surface area contributed by atoms with E-state index in [0.29, 0.717) is 11.3 Å². The minimum absolute atomic E-state index is 0.183. The van der Waals surface area contributed by atoms with E-state index < -0.39 is 11.9 Å². The van der Waals surface area contributed by atoms with Gasteiger partial charge in [-0.3, -0.25) is 0 Å². The van der Waals surface area contributed by atoms with E-state index >= 15 is 0 Å². The number of halogens is 1. The zero-order chi connectivity index (χ0) is 13.1. The maximum Gasteiger partial charge on any atom is 0.168 e. The molecule has 0 aliphatic rings. The lowest BCUT2D eigenvalue weighted by Crippen LogP contribution is -2.08. The number of aromatic nitrogens is 2. The van der Waals surface area contributed by atoms with Gasteiger partial charge in [-0.05, 0) is 11.6 Å². The van der Waals surface area contributed by atoms with Gasteiger partial charge < -0.3 is 14.4 Å². The monoisotopic (exact) mass is 250 g/mol. The van der Waals surface area contributed by atoms with Gasteiger partial charge in [0.05, 0.1) is 31.4 Å². The Bertz CT molecular complexity index is 540. The molecular formula is C13H15FN2O2. The molecule has 0 fully saturated rings. The molecular weight excluding hydrogens is 235 g/mol. The Morgan fingerprint density at radius 2 is 2.28 bits per heavy atom. The van der Waals surface area contributed by atoms with Crippen molar-refractivity contribution in [1.29, 1.82) is 0 Å². The van der Waals surface area contributed by atoms with Crippen LogP contribution in [0.3, 0.4) is 0 Å². The van der Waals surface area contributed by atoms with Crippen LogP contribution in [-0.2, 0) is 13.5 Å². The minimum Gasteiger partial charge on any atom is -0.494 e. The largest absolute Gasteiger partial charge is 0.494 e. The van der Waals surface area contributed by atoms with E-state index in [4.69, 9.17) is 4.74 Å². The number of methoxy groups -OCH3 is 1. The summed E-state index contributed by atoms with van der Waals surface area (Å²) in [6, 6.07) is 4.89. The standard InChI is InChI=1S/C13H15FN2O2/c1-16-8-15-7-10(16)11(17)6-9-4-3-5-12(18-2)13(9)14/h3-5,7-8,11,17H,6H2,1-2H3. The van der Waals surface area contributed by atoms with Crippen molar-refractivity contribution < 1.29 is 14.2 Å². The van der Waals surface area contributed by atoms with E-state index in [0.717, 1.165) is 0 Å². The van der Waals surface area contributed by atoms with Crippen molar-refractivity contribution in [2.24, 2.45) is 7.05 Å². The molecule has 18 heavy (non-hydrogen) atoms. The van der Waals surface area contributed by atoms with Gasteiger partial charge in [0.1, 0.15) is 0 Å². The first-order chi connectivity index (χ1) is 8.63. The third kappa shape index (κ3) is 2.36. The molecule has 5 heteroatoms. The molecule has 0 spiro atoms. The van der Waals surface area contributed by atoms with E-state index in [-0.39, 0.29) is 12.2 Å². The quantitative estimate of drug-likeness (QED) is 0.900. The normalized spacial score (nSPS) is 12.4. The highest BCUT2D eigenvalue weighted by atomic mass is 19.1. The molecule has 0 saturated heterocycles. The van der Waals surface area contributed by atoms with Gasteiger partial charge in [0.2, 0.25) is 0 Å². The smallest absolute Gasteiger partial charge is 0.168 e. The third-order valence-corrected chi connectivity index (χ3v) is 2.87. The van der Waals surface area contributed by atoms with Crippen LogP contribution >= 0.6 is 0 Å². The average molecular weight is 250 g/mol. The second kappa shape index (κ2) is 5.18. The summed E-state index contributed by atoms with van der Waals surface area (Å²) in [5, 5.41) is 10.1. The van der Waals surface area contributed by atoms with E-state index in [1.54, 1.807) is 42.3 Å². The summed E-state index contributed by atoms with van der Waals surface area (Å²) in [5.41, 5.74) is 1.07. The van der Waals surface area contributed by atoms with Crippen molar-refractivity contribution in [1.82, 2.24) is 9.55 Å². The molecule has 0 aliphatic heterocycles. The molecule has 1 aromatic heterocycles. The van der Waals surface area contributed by atoms with Crippen molar-refractivity contribution in [3.05, 3.63) is 47.8 Å². The lowest BCUT2D eigenvalue weighted by molar-refractivity contribution is 0.168. The summed E-state index contributed by atoms with van der Waals surface area (Å²) in [7, 11) is 3.20. The van der Waals surface area contributed by atoms with Gasteiger partial charge in [0, 0.05) is 13.5 Å². The van der Waals surface area contributed by atoms with Crippen molar-refractivity contribution in [3.63, 3.8) is 0 Å². The number of imidazole rings is 1. The zero-order valence-electron chi connectivity index (χ0n) is 10.3. The SMILES string of the molecule is COc1cccc(CC(O)c2cncn2C)c1F. The Labute approximate surface area is 105 Å². The number of aliphatic hydroxyl groups is 1. The van der Waals surface area contributed by atoms with E-state index in [2.05, 4.69) is 4.98 Å². The van der Waals surface area contributed by atoms with Crippen LogP contribution in [0.1, 0.15) is 17.4 Å². The van der Waals surface area contributed by atoms with E-state index in [1.165, 1.54) is 7.11 Å². The van der Waals surface area contributed by atoms with Crippen LogP contribution in [-0.4, -0.2) is 21.8 Å². The van der Waals surface area contributed by atoms with E-state index in [1.807, 2.05) is 0 Å². The predicted octanol–water partition coefficient (Wildman–Crippen LogP) is 1.84. The summed E-state index contributed by atoms with van der Waals surface area (Å²) < 4.78 is 20.5. The highest BCUT2D eigenvalue weighted by Gasteiger charge is 2.16. The fraction of sp³-hybridized carbons (Fsp3) is 0.308. The van der Waals surface area contributed by atoms with Gasteiger partial charge in [-0.2, -0.15) is 0 Å². The number of hydrogen-bond donors (Lipinski definition) is 1. The number of hydrogen-bond acceptors (Lipinski definition) is 3. The molecule has 2 aromatic rings. The zero-order valence-corrected chi connectivity index (χ0v) is 10.3. The highest BCUT2D eigenvalue weighted by molar-refractivity contribution is 5.31. The van der Waals surface area contributed by atoms with Crippen LogP contribution in [0.5, 0.6) is 5.75 Å². The Kier molecular flexibility index (Phi) is 3.62. The van der Waals surface area contributed by atoms with Crippen molar-refractivity contribution >= 4 is 0 Å². The molecule has 2 rings (SSSR count). The van der Waals surface area contributed by atoms with Crippen LogP contribution in [0.4, 0.5) is 4.39 Å². The first-order valence-electron chi connectivity index (χ1n) is 5.59. The maximum absolute atomic E-state index is 13.9. The fourth-order valence-electron chi connectivity index (χ4n) is 1.87. The molecule has 1 aromatic carbocycles. The van der Waals surface area contributed by atoms with Crippen molar-refractivity contribution in [2.45, 2.75) is 12.5 Å². The molecule has 0 radical (unpaired) electrons. The summed E-state index contributed by atoms with van der Waals surface area (Å²) in [4.78, 5) is 3.93. The number of aryl methyl sites for hydroxylation is 1. The number of ether oxygens (including phenoxy) is 1. The predicted molar refractivity (Wildman–Crippen MR) is 64.8 cm³/mol. The molecule has 1 atom stereocenters. The van der Waals surface area contributed by atoms with Crippen LogP contribution in [0, 0.1) is 5.82 Å². The summed E-state index contributed by atoms with van der Waals surface area (Å²) >= 11 is 0. The molecule has 1 unspecified atom stereocenters. The minimum atomic E-state index is -0.792. The summed E-state index contributed by atoms with van der Waals surface area (Å²) in [6.07, 6.45) is 2.56. The van der Waals surface area contributed by atoms with Gasteiger partial charge in [-0.25, -0.2) is 9.37 Å². The van der Waals surface area contributed by atoms with Crippen LogP contribution < -0.4 is 4.74 Å². The second-order valence-corrected chi connectivity index (χ2v) is 4.08. The van der Waals surface area contributed by atoms with Gasteiger partial charge in [-0.15, -0.1) is 0 Å². The first kappa shape index (κ1) is 12.6. The van der Waals surface area contributed by atoms with Crippen LogP contribution in [0.2, 0.25) is 0 Å². The molecule has 0 saturated carbocycles. The summed E-state index contributed by atoms with van der Waals surface area (Å²) in [6.45, 7) is 0. The van der Waals surface area contributed by atoms with Crippen LogP contribution in [0.15, 0.2) is 30.7 Å². The lowest BCUT2D eigenvalue weighted by Gasteiger charge is -2.13. The average Bonchev–Trinajstić information content (AvgIpc) is 2.78. The molecule has 1 heterocycles. The number of nitrogens with zero attached hydrogens (tertiary/aromatic N) is 2. The Morgan fingerprint density at radius 1 is 1.50 bits per heavy atom. The molecule has 0 bridgehead atoms. The van der Waals surface area contributed by atoms with Gasteiger partial charge in [-0.1, -0.05) is 12.1 Å². The van der Waals surface area contributed by atoms with Gasteiger partial charge in [0.15, 0.2) is 11.6 Å². The highest BCUT2D eigenvalue weighted by Crippen LogP contribution is 2.24. The first-order valence-corrected chi connectivity index (χ1v) is 5.59. The third-order valence-electron chi connectivity index (χ3n) is 2.87. The Balaban J connectivity index is 2.22. The molecule has 0 aliphatic carbocycles. The Hall–Kier alpha value is -1.88. The number of benzene rings is 1.